The third kappa shape index (κ3) is 13.5. The molecule has 0 aliphatic carbocycles. The fourth-order valence-electron chi connectivity index (χ4n) is 11.2. The van der Waals surface area contributed by atoms with Crippen LogP contribution >= 0.6 is 0 Å². The van der Waals surface area contributed by atoms with Crippen LogP contribution in [0.1, 0.15) is 111 Å². The van der Waals surface area contributed by atoms with Crippen molar-refractivity contribution in [2.24, 2.45) is 24.8 Å². The van der Waals surface area contributed by atoms with E-state index in [0.717, 1.165) is 5.56 Å². The molecule has 1 aromatic carbocycles. The number of esters is 1. The molecule has 3 fully saturated rings. The van der Waals surface area contributed by atoms with Crippen LogP contribution in [0, 0.1) is 17.8 Å². The monoisotopic (exact) mass is 975 g/mol. The fourth-order valence-corrected chi connectivity index (χ4v) is 11.2. The van der Waals surface area contributed by atoms with Gasteiger partial charge in [0, 0.05) is 63.9 Å². The molecule has 1 amide bonds. The molecule has 0 spiro atoms. The molecule has 3 aliphatic heterocycles. The summed E-state index contributed by atoms with van der Waals surface area (Å²) < 4.78 is 40.2. The molecule has 0 unspecified atom stereocenters. The van der Waals surface area contributed by atoms with Gasteiger partial charge in [-0.1, -0.05) is 51.1 Å². The lowest BCUT2D eigenvalue weighted by Gasteiger charge is -2.49. The lowest BCUT2D eigenvalue weighted by atomic mass is 9.77. The number of methoxy groups -OCH3 is 1. The van der Waals surface area contributed by atoms with E-state index < -0.39 is 108 Å². The molecule has 1 aromatic heterocycles. The molecular weight excluding hydrogens is 889 g/mol. The zero-order valence-electron chi connectivity index (χ0n) is 43.6. The highest BCUT2D eigenvalue weighted by atomic mass is 16.7. The third-order valence-corrected chi connectivity index (χ3v) is 15.5. The van der Waals surface area contributed by atoms with E-state index in [0.29, 0.717) is 31.6 Å². The van der Waals surface area contributed by atoms with E-state index >= 15 is 0 Å². The average Bonchev–Trinajstić information content (AvgIpc) is 3.73. The Hall–Kier alpha value is -3.04. The van der Waals surface area contributed by atoms with Gasteiger partial charge in [0.2, 0.25) is 0 Å². The number of hydrogen-bond acceptors (Lipinski definition) is 15. The van der Waals surface area contributed by atoms with Gasteiger partial charge in [-0.25, -0.2) is 0 Å². The minimum absolute atomic E-state index is 0.0918. The molecule has 3 saturated heterocycles. The van der Waals surface area contributed by atoms with Gasteiger partial charge in [-0.05, 0) is 112 Å². The standard InChI is InChI=1S/C52H86N4O13/c1-15-40-52(10,63)44(58)34(6)55(12)28-30(2)26-50(8,62)46(32(4)43(33(5)48(61)67-40)68-41-27-51(9,64-14)45(59)35(7)66-41)69-49-42(57)39(24-31(3)65-49)56(13)29-37(25-36-20-17-16-18-21-36)53-47(60)38-22-19-23-54(38)11/h16-23,30-35,37,39-46,49,57-59,62-63H,15,24-29H2,1-14H3,(H,53,60)/t30-,31-,32+,33-,34-,35+,37-,39+,40-,41+,42-,43+,44-,45+,46-,49+,50-,51-,52-/m1/s1. The Morgan fingerprint density at radius 2 is 1.61 bits per heavy atom. The first kappa shape index (κ1) is 56.9. The predicted molar refractivity (Wildman–Crippen MR) is 260 cm³/mol. The van der Waals surface area contributed by atoms with E-state index in [1.165, 1.54) is 14.0 Å². The zero-order valence-corrected chi connectivity index (χ0v) is 43.6. The van der Waals surface area contributed by atoms with E-state index in [9.17, 15) is 35.1 Å². The average molecular weight is 975 g/mol. The van der Waals surface area contributed by atoms with Crippen molar-refractivity contribution in [3.05, 3.63) is 59.9 Å². The number of nitrogens with one attached hydrogen (secondary N) is 1. The number of hydrogen-bond donors (Lipinski definition) is 6. The lowest BCUT2D eigenvalue weighted by Crippen LogP contribution is -2.61. The molecule has 17 heteroatoms. The van der Waals surface area contributed by atoms with Crippen LogP contribution in [0.5, 0.6) is 0 Å². The van der Waals surface area contributed by atoms with Crippen LogP contribution in [0.25, 0.3) is 0 Å². The number of aromatic nitrogens is 1. The highest BCUT2D eigenvalue weighted by molar-refractivity contribution is 5.92. The predicted octanol–water partition coefficient (Wildman–Crippen LogP) is 3.65. The second kappa shape index (κ2) is 23.7. The molecule has 0 bridgehead atoms. The number of aliphatic hydroxyl groups excluding tert-OH is 3. The Kier molecular flexibility index (Phi) is 19.5. The molecule has 4 heterocycles. The number of aryl methyl sites for hydroxylation is 1. The van der Waals surface area contributed by atoms with Crippen LogP contribution in [0.3, 0.4) is 0 Å². The van der Waals surface area contributed by atoms with E-state index in [1.54, 1.807) is 52.2 Å². The van der Waals surface area contributed by atoms with Crippen molar-refractivity contribution < 1.29 is 63.5 Å². The number of carbonyl (C=O) groups is 2. The largest absolute Gasteiger partial charge is 0.459 e. The summed E-state index contributed by atoms with van der Waals surface area (Å²) in [7, 11) is 7.06. The molecule has 6 N–H and O–H groups in total. The minimum atomic E-state index is -1.84. The van der Waals surface area contributed by atoms with Gasteiger partial charge >= 0.3 is 5.97 Å². The van der Waals surface area contributed by atoms with Gasteiger partial charge in [-0.15, -0.1) is 0 Å². The van der Waals surface area contributed by atoms with Gasteiger partial charge in [0.15, 0.2) is 12.6 Å². The summed E-state index contributed by atoms with van der Waals surface area (Å²) in [6.45, 7) is 18.3. The molecule has 0 radical (unpaired) electrons. The van der Waals surface area contributed by atoms with Gasteiger partial charge in [-0.3, -0.25) is 14.5 Å². The number of aliphatic hydroxyl groups is 5. The summed E-state index contributed by atoms with van der Waals surface area (Å²) in [4.78, 5) is 32.1. The first-order valence-electron chi connectivity index (χ1n) is 25.0. The van der Waals surface area contributed by atoms with Crippen molar-refractivity contribution in [2.45, 2.75) is 198 Å². The number of amides is 1. The third-order valence-electron chi connectivity index (χ3n) is 15.5. The second-order valence-electron chi connectivity index (χ2n) is 21.5. The van der Waals surface area contributed by atoms with Crippen LogP contribution in [-0.2, 0) is 46.7 Å². The first-order valence-corrected chi connectivity index (χ1v) is 25.0. The van der Waals surface area contributed by atoms with Crippen LogP contribution in [0.2, 0.25) is 0 Å². The van der Waals surface area contributed by atoms with Gasteiger partial charge in [0.05, 0.1) is 41.5 Å². The Morgan fingerprint density at radius 3 is 2.22 bits per heavy atom. The van der Waals surface area contributed by atoms with Crippen molar-refractivity contribution in [3.63, 3.8) is 0 Å². The first-order chi connectivity index (χ1) is 32.2. The summed E-state index contributed by atoms with van der Waals surface area (Å²) in [5, 5.41) is 63.2. The summed E-state index contributed by atoms with van der Waals surface area (Å²) in [6.07, 6.45) is -7.04. The van der Waals surface area contributed by atoms with E-state index in [4.69, 9.17) is 28.4 Å². The molecule has 19 atom stereocenters. The molecule has 5 rings (SSSR count). The summed E-state index contributed by atoms with van der Waals surface area (Å²) in [5.74, 6) is -3.06. The van der Waals surface area contributed by atoms with Crippen molar-refractivity contribution in [3.8, 4) is 0 Å². The number of cyclic esters (lactones) is 1. The Balaban J connectivity index is 1.52. The number of likely N-dealkylation sites (N-methyl/N-ethyl adjacent to an activating group) is 2. The van der Waals surface area contributed by atoms with Gasteiger partial charge in [0.25, 0.3) is 5.91 Å². The maximum Gasteiger partial charge on any atom is 0.311 e. The van der Waals surface area contributed by atoms with Gasteiger partial charge in [0.1, 0.15) is 35.7 Å². The van der Waals surface area contributed by atoms with E-state index in [1.807, 2.05) is 94.3 Å². The summed E-state index contributed by atoms with van der Waals surface area (Å²) in [5.41, 5.74) is -3.01. The number of rotatable bonds is 13. The van der Waals surface area contributed by atoms with E-state index in [2.05, 4.69) is 5.32 Å². The molecule has 3 aliphatic rings. The molecular formula is C52H86N4O13. The highest BCUT2D eigenvalue weighted by Gasteiger charge is 2.53. The Morgan fingerprint density at radius 1 is 0.942 bits per heavy atom. The number of benzene rings is 1. The normalized spacial score (nSPS) is 40.6. The summed E-state index contributed by atoms with van der Waals surface area (Å²) >= 11 is 0. The smallest absolute Gasteiger partial charge is 0.311 e. The minimum Gasteiger partial charge on any atom is -0.459 e. The van der Waals surface area contributed by atoms with Crippen molar-refractivity contribution in [1.82, 2.24) is 19.7 Å². The number of nitrogens with zero attached hydrogens (tertiary/aromatic N) is 3. The van der Waals surface area contributed by atoms with Crippen molar-refractivity contribution in [1.29, 1.82) is 0 Å². The second-order valence-corrected chi connectivity index (χ2v) is 21.5. The van der Waals surface area contributed by atoms with E-state index in [-0.39, 0.29) is 37.1 Å². The topological polar surface area (TPSA) is 214 Å². The van der Waals surface area contributed by atoms with Crippen LogP contribution < -0.4 is 5.32 Å². The number of carbonyl (C=O) groups excluding carboxylic acids is 2. The van der Waals surface area contributed by atoms with Gasteiger partial charge in [-0.2, -0.15) is 0 Å². The van der Waals surface area contributed by atoms with Crippen LogP contribution in [-0.4, -0.2) is 182 Å². The van der Waals surface area contributed by atoms with Gasteiger partial charge < -0.3 is 68.7 Å². The molecule has 17 nitrogen and oxygen atoms in total. The van der Waals surface area contributed by atoms with Crippen molar-refractivity contribution in [2.75, 3.05) is 34.3 Å². The molecule has 392 valence electrons. The molecule has 0 saturated carbocycles. The Labute approximate surface area is 410 Å². The lowest BCUT2D eigenvalue weighted by molar-refractivity contribution is -0.318. The highest BCUT2D eigenvalue weighted by Crippen LogP contribution is 2.40. The quantitative estimate of drug-likeness (QED) is 0.158. The fraction of sp³-hybridized carbons (Fsp3) is 0.769. The van der Waals surface area contributed by atoms with Crippen LogP contribution in [0.4, 0.5) is 0 Å². The molecule has 2 aromatic rings. The Bertz CT molecular complexity index is 1940. The maximum atomic E-state index is 14.5. The zero-order chi connectivity index (χ0) is 51.3. The van der Waals surface area contributed by atoms with Crippen LogP contribution in [0.15, 0.2) is 48.7 Å². The number of ether oxygens (including phenoxy) is 6. The molecule has 69 heavy (non-hydrogen) atoms. The summed E-state index contributed by atoms with van der Waals surface area (Å²) in [6, 6.07) is 12.1. The maximum absolute atomic E-state index is 14.5. The van der Waals surface area contributed by atoms with Crippen molar-refractivity contribution >= 4 is 11.9 Å². The SMILES string of the molecule is CC[C@H]1OC(=O)[C@H](C)[C@@H](O[C@H]2C[C@@](C)(OC)[C@@H](O)[C@H](C)O2)[C@H](C)[C@@H](O[C@@H]2O[C@H](C)C[C@H](N(C)C[C@@H](Cc3ccccc3)NC(=O)c3cccn3C)[C@H]2O)[C@](C)(O)C[C@@H](C)CN(C)[C@H](C)[C@@H](O)[C@]1(C)O.